The van der Waals surface area contributed by atoms with Gasteiger partial charge in [-0.25, -0.2) is 4.79 Å². The Bertz CT molecular complexity index is 679. The third-order valence-electron chi connectivity index (χ3n) is 2.39. The average molecular weight is 399 g/mol. The van der Waals surface area contributed by atoms with Crippen molar-refractivity contribution in [3.8, 4) is 0 Å². The molecule has 0 fully saturated rings. The van der Waals surface area contributed by atoms with Crippen LogP contribution in [0.4, 0.5) is 5.69 Å². The molecule has 1 aromatic heterocycles. The first kappa shape index (κ1) is 14.7. The number of nitrogens with one attached hydrogen (secondary N) is 1. The van der Waals surface area contributed by atoms with E-state index in [1.165, 1.54) is 17.4 Å². The standard InChI is InChI=1S/C14H10INO3S/c15-12-7-10(8-20-12)14(19)16-11-3-1-2-9(6-11)4-5-13(17)18/h1-8H,(H,16,19)(H,17,18)/b5-4+. The third kappa shape index (κ3) is 4.17. The van der Waals surface area contributed by atoms with Crippen LogP contribution in [0.15, 0.2) is 41.8 Å². The van der Waals surface area contributed by atoms with Gasteiger partial charge in [-0.05, 0) is 52.4 Å². The summed E-state index contributed by atoms with van der Waals surface area (Å²) in [4.78, 5) is 22.5. The maximum absolute atomic E-state index is 12.0. The SMILES string of the molecule is O=C(O)/C=C/c1cccc(NC(=O)c2csc(I)c2)c1. The van der Waals surface area contributed by atoms with Crippen LogP contribution in [0.5, 0.6) is 0 Å². The highest BCUT2D eigenvalue weighted by atomic mass is 127. The second-order valence-corrected chi connectivity index (χ2v) is 6.70. The van der Waals surface area contributed by atoms with Crippen molar-refractivity contribution in [1.82, 2.24) is 0 Å². The van der Waals surface area contributed by atoms with Gasteiger partial charge in [0.15, 0.2) is 0 Å². The van der Waals surface area contributed by atoms with E-state index in [-0.39, 0.29) is 5.91 Å². The smallest absolute Gasteiger partial charge is 0.328 e. The number of carbonyl (C=O) groups is 2. The van der Waals surface area contributed by atoms with Crippen molar-refractivity contribution < 1.29 is 14.7 Å². The van der Waals surface area contributed by atoms with Crippen LogP contribution in [-0.4, -0.2) is 17.0 Å². The number of halogens is 1. The molecule has 0 aliphatic carbocycles. The summed E-state index contributed by atoms with van der Waals surface area (Å²) in [6.07, 6.45) is 2.54. The molecule has 1 aromatic carbocycles. The van der Waals surface area contributed by atoms with Gasteiger partial charge in [0.05, 0.1) is 8.45 Å². The van der Waals surface area contributed by atoms with Crippen LogP contribution in [-0.2, 0) is 4.79 Å². The summed E-state index contributed by atoms with van der Waals surface area (Å²) in [5, 5.41) is 13.2. The molecule has 0 aliphatic rings. The maximum atomic E-state index is 12.0. The van der Waals surface area contributed by atoms with E-state index in [0.29, 0.717) is 16.8 Å². The summed E-state index contributed by atoms with van der Waals surface area (Å²) in [7, 11) is 0. The fraction of sp³-hybridized carbons (Fsp3) is 0. The summed E-state index contributed by atoms with van der Waals surface area (Å²) in [6, 6.07) is 8.81. The maximum Gasteiger partial charge on any atom is 0.328 e. The molecule has 0 unspecified atom stereocenters. The molecule has 2 aromatic rings. The number of anilines is 1. The zero-order valence-corrected chi connectivity index (χ0v) is 13.1. The lowest BCUT2D eigenvalue weighted by Gasteiger charge is -2.04. The van der Waals surface area contributed by atoms with Crippen LogP contribution in [0, 0.1) is 2.88 Å². The van der Waals surface area contributed by atoms with E-state index in [4.69, 9.17) is 5.11 Å². The number of hydrogen-bond donors (Lipinski definition) is 2. The van der Waals surface area contributed by atoms with Crippen LogP contribution >= 0.6 is 33.9 Å². The number of thiophene rings is 1. The van der Waals surface area contributed by atoms with E-state index in [1.807, 2.05) is 6.07 Å². The minimum atomic E-state index is -1.01. The fourth-order valence-electron chi connectivity index (χ4n) is 1.52. The topological polar surface area (TPSA) is 66.4 Å². The molecule has 0 saturated heterocycles. The number of benzene rings is 1. The first-order valence-electron chi connectivity index (χ1n) is 5.61. The van der Waals surface area contributed by atoms with Gasteiger partial charge >= 0.3 is 5.97 Å². The van der Waals surface area contributed by atoms with Crippen molar-refractivity contribution in [1.29, 1.82) is 0 Å². The molecule has 0 atom stereocenters. The third-order valence-corrected chi connectivity index (χ3v) is 4.18. The lowest BCUT2D eigenvalue weighted by atomic mass is 10.2. The van der Waals surface area contributed by atoms with Gasteiger partial charge < -0.3 is 10.4 Å². The summed E-state index contributed by atoms with van der Waals surface area (Å²) in [5.41, 5.74) is 1.96. The number of rotatable bonds is 4. The Morgan fingerprint density at radius 2 is 2.10 bits per heavy atom. The molecule has 1 heterocycles. The summed E-state index contributed by atoms with van der Waals surface area (Å²) in [6.45, 7) is 0. The monoisotopic (exact) mass is 399 g/mol. The fourth-order valence-corrected chi connectivity index (χ4v) is 2.85. The Hall–Kier alpha value is -1.67. The van der Waals surface area contributed by atoms with Crippen LogP contribution in [0.3, 0.4) is 0 Å². The van der Waals surface area contributed by atoms with Crippen molar-refractivity contribution in [2.24, 2.45) is 0 Å². The molecule has 102 valence electrons. The Balaban J connectivity index is 2.11. The van der Waals surface area contributed by atoms with Crippen LogP contribution < -0.4 is 5.32 Å². The average Bonchev–Trinajstić information content (AvgIpc) is 2.84. The molecule has 2 rings (SSSR count). The second kappa shape index (κ2) is 6.67. The van der Waals surface area contributed by atoms with E-state index < -0.39 is 5.97 Å². The number of amides is 1. The first-order valence-corrected chi connectivity index (χ1v) is 7.57. The van der Waals surface area contributed by atoms with E-state index >= 15 is 0 Å². The molecule has 6 heteroatoms. The highest BCUT2D eigenvalue weighted by Gasteiger charge is 2.08. The predicted molar refractivity (Wildman–Crippen MR) is 88.1 cm³/mol. The highest BCUT2D eigenvalue weighted by Crippen LogP contribution is 2.18. The van der Waals surface area contributed by atoms with Gasteiger partial charge in [0, 0.05) is 17.1 Å². The second-order valence-electron chi connectivity index (χ2n) is 3.89. The van der Waals surface area contributed by atoms with Crippen molar-refractivity contribution in [3.63, 3.8) is 0 Å². The van der Waals surface area contributed by atoms with Crippen molar-refractivity contribution in [2.75, 3.05) is 5.32 Å². The van der Waals surface area contributed by atoms with Gasteiger partial charge in [-0.2, -0.15) is 0 Å². The minimum Gasteiger partial charge on any atom is -0.478 e. The predicted octanol–water partition coefficient (Wildman–Crippen LogP) is 3.70. The molecule has 20 heavy (non-hydrogen) atoms. The molecule has 0 saturated carbocycles. The van der Waals surface area contributed by atoms with E-state index in [0.717, 1.165) is 8.96 Å². The normalized spacial score (nSPS) is 10.7. The van der Waals surface area contributed by atoms with Gasteiger partial charge in [-0.3, -0.25) is 4.79 Å². The summed E-state index contributed by atoms with van der Waals surface area (Å²) in [5.74, 6) is -1.18. The zero-order valence-electron chi connectivity index (χ0n) is 10.2. The van der Waals surface area contributed by atoms with Crippen molar-refractivity contribution >= 4 is 57.6 Å². The molecule has 4 nitrogen and oxygen atoms in total. The van der Waals surface area contributed by atoms with Crippen molar-refractivity contribution in [3.05, 3.63) is 55.8 Å². The molecule has 1 amide bonds. The molecule has 0 aliphatic heterocycles. The number of carboxylic acid groups (broad SMARTS) is 1. The van der Waals surface area contributed by atoms with Gasteiger partial charge in [0.2, 0.25) is 0 Å². The lowest BCUT2D eigenvalue weighted by molar-refractivity contribution is -0.131. The van der Waals surface area contributed by atoms with Gasteiger partial charge in [-0.1, -0.05) is 12.1 Å². The first-order chi connectivity index (χ1) is 9.54. The minimum absolute atomic E-state index is 0.177. The largest absolute Gasteiger partial charge is 0.478 e. The van der Waals surface area contributed by atoms with Gasteiger partial charge in [0.1, 0.15) is 0 Å². The molecular weight excluding hydrogens is 389 g/mol. The lowest BCUT2D eigenvalue weighted by Crippen LogP contribution is -2.10. The number of hydrogen-bond acceptors (Lipinski definition) is 3. The number of aliphatic carboxylic acids is 1. The molecule has 0 bridgehead atoms. The molecular formula is C14H10INO3S. The number of carbonyl (C=O) groups excluding carboxylic acids is 1. The van der Waals surface area contributed by atoms with Crippen LogP contribution in [0.25, 0.3) is 6.08 Å². The Morgan fingerprint density at radius 1 is 1.30 bits per heavy atom. The van der Waals surface area contributed by atoms with Crippen LogP contribution in [0.2, 0.25) is 0 Å². The molecule has 0 spiro atoms. The Labute approximate surface area is 133 Å². The van der Waals surface area contributed by atoms with E-state index in [9.17, 15) is 9.59 Å². The number of carboxylic acids is 1. The van der Waals surface area contributed by atoms with E-state index in [1.54, 1.807) is 29.6 Å². The summed E-state index contributed by atoms with van der Waals surface area (Å²) < 4.78 is 1.05. The highest BCUT2D eigenvalue weighted by molar-refractivity contribution is 14.1. The summed E-state index contributed by atoms with van der Waals surface area (Å²) >= 11 is 3.67. The van der Waals surface area contributed by atoms with Crippen LogP contribution in [0.1, 0.15) is 15.9 Å². The van der Waals surface area contributed by atoms with E-state index in [2.05, 4.69) is 27.9 Å². The van der Waals surface area contributed by atoms with Gasteiger partial charge in [0.25, 0.3) is 5.91 Å². The quantitative estimate of drug-likeness (QED) is 0.609. The molecule has 0 radical (unpaired) electrons. The zero-order chi connectivity index (χ0) is 14.5. The Morgan fingerprint density at radius 3 is 2.75 bits per heavy atom. The molecule has 2 N–H and O–H groups in total. The Kier molecular flexibility index (Phi) is 4.91. The van der Waals surface area contributed by atoms with Crippen molar-refractivity contribution in [2.45, 2.75) is 0 Å². The van der Waals surface area contributed by atoms with Gasteiger partial charge in [-0.15, -0.1) is 11.3 Å².